The highest BCUT2D eigenvalue weighted by Gasteiger charge is 2.09. The van der Waals surface area contributed by atoms with E-state index >= 15 is 0 Å². The van der Waals surface area contributed by atoms with E-state index in [9.17, 15) is 0 Å². The molecular weight excluding hydrogens is 278 g/mol. The summed E-state index contributed by atoms with van der Waals surface area (Å²) < 4.78 is 1.86. The molecule has 0 N–H and O–H groups in total. The Morgan fingerprint density at radius 3 is 2.76 bits per heavy atom. The Hall–Kier alpha value is -1.16. The summed E-state index contributed by atoms with van der Waals surface area (Å²) in [6, 6.07) is 8.34. The van der Waals surface area contributed by atoms with E-state index in [1.807, 2.05) is 23.9 Å². The smallest absolute Gasteiger partial charge is 0.0965 e. The molecule has 0 saturated carbocycles. The lowest BCUT2D eigenvalue weighted by molar-refractivity contribution is 0.781. The summed E-state index contributed by atoms with van der Waals surface area (Å²) in [4.78, 5) is 0.231. The fraction of sp³-hybridized carbons (Fsp3) is 0.385. The lowest BCUT2D eigenvalue weighted by Crippen LogP contribution is -2.00. The molecule has 4 heteroatoms. The van der Waals surface area contributed by atoms with Gasteiger partial charge in [0.05, 0.1) is 22.4 Å². The van der Waals surface area contributed by atoms with Crippen molar-refractivity contribution in [3.8, 4) is 5.69 Å². The first-order valence-electron chi connectivity index (χ1n) is 5.87. The van der Waals surface area contributed by atoms with Crippen molar-refractivity contribution in [2.45, 2.75) is 31.5 Å². The van der Waals surface area contributed by atoms with E-state index in [1.54, 1.807) is 0 Å². The van der Waals surface area contributed by atoms with Gasteiger partial charge in [-0.15, -0.1) is 5.10 Å². The number of rotatable bonds is 4. The van der Waals surface area contributed by atoms with Crippen LogP contribution < -0.4 is 0 Å². The zero-order chi connectivity index (χ0) is 12.3. The van der Waals surface area contributed by atoms with Crippen LogP contribution in [-0.4, -0.2) is 15.0 Å². The molecule has 0 aliphatic carbocycles. The molecule has 17 heavy (non-hydrogen) atoms. The van der Waals surface area contributed by atoms with Gasteiger partial charge in [-0.1, -0.05) is 52.7 Å². The Morgan fingerprint density at radius 2 is 2.12 bits per heavy atom. The van der Waals surface area contributed by atoms with E-state index in [1.165, 1.54) is 5.56 Å². The van der Waals surface area contributed by atoms with E-state index in [2.05, 4.69) is 51.4 Å². The minimum absolute atomic E-state index is 0.231. The van der Waals surface area contributed by atoms with Crippen molar-refractivity contribution >= 4 is 15.9 Å². The summed E-state index contributed by atoms with van der Waals surface area (Å²) in [6.07, 6.45) is 4.18. The second kappa shape index (κ2) is 5.45. The van der Waals surface area contributed by atoms with Crippen LogP contribution in [0.5, 0.6) is 0 Å². The van der Waals surface area contributed by atoms with Crippen molar-refractivity contribution in [2.24, 2.45) is 0 Å². The van der Waals surface area contributed by atoms with Gasteiger partial charge in [0.25, 0.3) is 0 Å². The van der Waals surface area contributed by atoms with Crippen molar-refractivity contribution in [3.63, 3.8) is 0 Å². The summed E-state index contributed by atoms with van der Waals surface area (Å²) in [6.45, 7) is 4.23. The molecule has 0 fully saturated rings. The molecule has 1 aromatic carbocycles. The molecule has 90 valence electrons. The number of nitrogens with zero attached hydrogens (tertiary/aromatic N) is 3. The lowest BCUT2D eigenvalue weighted by Gasteiger charge is -2.07. The minimum atomic E-state index is 0.231. The molecule has 1 unspecified atom stereocenters. The van der Waals surface area contributed by atoms with Crippen LogP contribution in [0.1, 0.15) is 36.4 Å². The van der Waals surface area contributed by atoms with Crippen LogP contribution in [0.2, 0.25) is 0 Å². The minimum Gasteiger partial charge on any atom is -0.220 e. The molecule has 0 saturated heterocycles. The fourth-order valence-electron chi connectivity index (χ4n) is 1.79. The number of hydrogen-bond donors (Lipinski definition) is 0. The molecule has 0 radical (unpaired) electrons. The zero-order valence-corrected chi connectivity index (χ0v) is 11.7. The van der Waals surface area contributed by atoms with Gasteiger partial charge in [0.1, 0.15) is 0 Å². The summed E-state index contributed by atoms with van der Waals surface area (Å²) in [5.41, 5.74) is 3.39. The Balaban J connectivity index is 2.38. The fourth-order valence-corrected chi connectivity index (χ4v) is 2.00. The van der Waals surface area contributed by atoms with Gasteiger partial charge in [0.2, 0.25) is 0 Å². The molecule has 3 nitrogen and oxygen atoms in total. The summed E-state index contributed by atoms with van der Waals surface area (Å²) >= 11 is 3.50. The largest absolute Gasteiger partial charge is 0.220 e. The van der Waals surface area contributed by atoms with Gasteiger partial charge in [-0.05, 0) is 25.0 Å². The molecule has 1 atom stereocenters. The number of halogens is 1. The Bertz CT molecular complexity index is 491. The molecule has 2 rings (SSSR count). The van der Waals surface area contributed by atoms with E-state index in [0.717, 1.165) is 24.2 Å². The number of aromatic nitrogens is 3. The van der Waals surface area contributed by atoms with Crippen LogP contribution in [0.15, 0.2) is 30.5 Å². The second-order valence-electron chi connectivity index (χ2n) is 4.08. The molecule has 2 aromatic rings. The quantitative estimate of drug-likeness (QED) is 0.805. The van der Waals surface area contributed by atoms with Crippen LogP contribution in [0, 0.1) is 0 Å². The summed E-state index contributed by atoms with van der Waals surface area (Å²) in [5.74, 6) is 0. The number of para-hydroxylation sites is 1. The molecule has 0 amide bonds. The average molecular weight is 294 g/mol. The Morgan fingerprint density at radius 1 is 1.35 bits per heavy atom. The third-order valence-electron chi connectivity index (χ3n) is 2.68. The van der Waals surface area contributed by atoms with Gasteiger partial charge in [-0.25, -0.2) is 4.68 Å². The first kappa shape index (κ1) is 12.3. The van der Waals surface area contributed by atoms with Gasteiger partial charge in [-0.2, -0.15) is 0 Å². The summed E-state index contributed by atoms with van der Waals surface area (Å²) in [5, 5.41) is 8.35. The average Bonchev–Trinajstić information content (AvgIpc) is 2.79. The zero-order valence-electron chi connectivity index (χ0n) is 10.1. The van der Waals surface area contributed by atoms with Crippen LogP contribution in [0.4, 0.5) is 0 Å². The van der Waals surface area contributed by atoms with Crippen LogP contribution in [-0.2, 0) is 6.42 Å². The number of benzene rings is 1. The van der Waals surface area contributed by atoms with E-state index in [0.29, 0.717) is 0 Å². The predicted molar refractivity (Wildman–Crippen MR) is 72.7 cm³/mol. The van der Waals surface area contributed by atoms with Gasteiger partial charge < -0.3 is 0 Å². The topological polar surface area (TPSA) is 30.7 Å². The maximum absolute atomic E-state index is 4.19. The van der Waals surface area contributed by atoms with E-state index in [4.69, 9.17) is 0 Å². The van der Waals surface area contributed by atoms with Crippen LogP contribution in [0.3, 0.4) is 0 Å². The van der Waals surface area contributed by atoms with Gasteiger partial charge in [-0.3, -0.25) is 0 Å². The Kier molecular flexibility index (Phi) is 3.94. The molecule has 0 aliphatic rings. The first-order valence-corrected chi connectivity index (χ1v) is 6.78. The van der Waals surface area contributed by atoms with Crippen molar-refractivity contribution < 1.29 is 0 Å². The Labute approximate surface area is 110 Å². The van der Waals surface area contributed by atoms with Gasteiger partial charge in [0, 0.05) is 0 Å². The lowest BCUT2D eigenvalue weighted by atomic mass is 10.1. The maximum atomic E-state index is 4.19. The highest BCUT2D eigenvalue weighted by molar-refractivity contribution is 9.09. The van der Waals surface area contributed by atoms with Crippen LogP contribution in [0.25, 0.3) is 5.69 Å². The molecular formula is C13H16BrN3. The number of alkyl halides is 1. The SMILES string of the molecule is CCCc1ccccc1-n1cc(C(C)Br)nn1. The van der Waals surface area contributed by atoms with E-state index in [-0.39, 0.29) is 4.83 Å². The molecule has 0 spiro atoms. The highest BCUT2D eigenvalue weighted by atomic mass is 79.9. The van der Waals surface area contributed by atoms with Gasteiger partial charge in [0.15, 0.2) is 0 Å². The first-order chi connectivity index (χ1) is 8.22. The van der Waals surface area contributed by atoms with Crippen molar-refractivity contribution in [3.05, 3.63) is 41.7 Å². The standard InChI is InChI=1S/C13H16BrN3/c1-3-6-11-7-4-5-8-13(11)17-9-12(10(2)14)15-16-17/h4-5,7-10H,3,6H2,1-2H3. The molecule has 1 heterocycles. The number of aryl methyl sites for hydroxylation is 1. The molecule has 0 aliphatic heterocycles. The normalized spacial score (nSPS) is 12.6. The second-order valence-corrected chi connectivity index (χ2v) is 5.46. The monoisotopic (exact) mass is 293 g/mol. The number of hydrogen-bond acceptors (Lipinski definition) is 2. The van der Waals surface area contributed by atoms with Gasteiger partial charge >= 0.3 is 0 Å². The third-order valence-corrected chi connectivity index (χ3v) is 3.15. The van der Waals surface area contributed by atoms with Crippen molar-refractivity contribution in [1.29, 1.82) is 0 Å². The predicted octanol–water partition coefficient (Wildman–Crippen LogP) is 3.68. The summed E-state index contributed by atoms with van der Waals surface area (Å²) in [7, 11) is 0. The van der Waals surface area contributed by atoms with Crippen molar-refractivity contribution in [1.82, 2.24) is 15.0 Å². The van der Waals surface area contributed by atoms with E-state index < -0.39 is 0 Å². The molecule has 0 bridgehead atoms. The third kappa shape index (κ3) is 2.75. The van der Waals surface area contributed by atoms with Crippen LogP contribution >= 0.6 is 15.9 Å². The van der Waals surface area contributed by atoms with Crippen molar-refractivity contribution in [2.75, 3.05) is 0 Å². The maximum Gasteiger partial charge on any atom is 0.0965 e. The highest BCUT2D eigenvalue weighted by Crippen LogP contribution is 2.21. The molecule has 1 aromatic heterocycles.